The lowest BCUT2D eigenvalue weighted by Gasteiger charge is -2.34. The monoisotopic (exact) mass is 294 g/mol. The van der Waals surface area contributed by atoms with Crippen LogP contribution in [0.3, 0.4) is 0 Å². The summed E-state index contributed by atoms with van der Waals surface area (Å²) >= 11 is 0. The SMILES string of the molecule is CCn1nc(C)c(CN2CCN(CCOC)C(=O)C2)c1C. The van der Waals surface area contributed by atoms with Crippen LogP contribution in [0.25, 0.3) is 0 Å². The van der Waals surface area contributed by atoms with Crippen molar-refractivity contribution in [1.29, 1.82) is 0 Å². The van der Waals surface area contributed by atoms with Crippen LogP contribution in [0.1, 0.15) is 23.9 Å². The van der Waals surface area contributed by atoms with E-state index in [0.717, 1.165) is 31.9 Å². The number of hydrogen-bond donors (Lipinski definition) is 0. The number of carbonyl (C=O) groups is 1. The molecule has 1 aromatic heterocycles. The average Bonchev–Trinajstić information content (AvgIpc) is 2.74. The zero-order valence-corrected chi connectivity index (χ0v) is 13.6. The number of aryl methyl sites for hydroxylation is 2. The summed E-state index contributed by atoms with van der Waals surface area (Å²) < 4.78 is 7.07. The number of rotatable bonds is 6. The lowest BCUT2D eigenvalue weighted by atomic mass is 10.1. The summed E-state index contributed by atoms with van der Waals surface area (Å²) in [5, 5.41) is 4.55. The summed E-state index contributed by atoms with van der Waals surface area (Å²) in [6.45, 7) is 11.4. The van der Waals surface area contributed by atoms with Crippen LogP contribution in [0.4, 0.5) is 0 Å². The number of aromatic nitrogens is 2. The van der Waals surface area contributed by atoms with Crippen molar-refractivity contribution in [1.82, 2.24) is 19.6 Å². The highest BCUT2D eigenvalue weighted by Gasteiger charge is 2.25. The third-order valence-electron chi connectivity index (χ3n) is 4.18. The largest absolute Gasteiger partial charge is 0.383 e. The molecule has 0 radical (unpaired) electrons. The molecule has 0 atom stereocenters. The van der Waals surface area contributed by atoms with Crippen molar-refractivity contribution >= 4 is 5.91 Å². The molecule has 0 unspecified atom stereocenters. The van der Waals surface area contributed by atoms with Crippen molar-refractivity contribution in [2.24, 2.45) is 0 Å². The van der Waals surface area contributed by atoms with E-state index in [0.29, 0.717) is 19.7 Å². The van der Waals surface area contributed by atoms with E-state index in [2.05, 4.69) is 23.8 Å². The van der Waals surface area contributed by atoms with E-state index >= 15 is 0 Å². The Morgan fingerprint density at radius 2 is 2.05 bits per heavy atom. The Kier molecular flexibility index (Phi) is 5.36. The lowest BCUT2D eigenvalue weighted by molar-refractivity contribution is -0.136. The zero-order chi connectivity index (χ0) is 15.4. The van der Waals surface area contributed by atoms with E-state index in [-0.39, 0.29) is 5.91 Å². The molecular weight excluding hydrogens is 268 g/mol. The molecule has 1 aliphatic heterocycles. The number of methoxy groups -OCH3 is 1. The molecule has 0 bridgehead atoms. The summed E-state index contributed by atoms with van der Waals surface area (Å²) in [7, 11) is 1.66. The van der Waals surface area contributed by atoms with E-state index in [4.69, 9.17) is 4.74 Å². The van der Waals surface area contributed by atoms with Crippen molar-refractivity contribution in [3.8, 4) is 0 Å². The van der Waals surface area contributed by atoms with Gasteiger partial charge in [0.05, 0.1) is 18.8 Å². The fourth-order valence-corrected chi connectivity index (χ4v) is 2.82. The highest BCUT2D eigenvalue weighted by atomic mass is 16.5. The molecule has 0 spiro atoms. The molecule has 21 heavy (non-hydrogen) atoms. The second-order valence-corrected chi connectivity index (χ2v) is 5.55. The van der Waals surface area contributed by atoms with E-state index in [1.54, 1.807) is 7.11 Å². The van der Waals surface area contributed by atoms with Gasteiger partial charge in [-0.1, -0.05) is 0 Å². The molecule has 6 nitrogen and oxygen atoms in total. The molecule has 1 saturated heterocycles. The maximum Gasteiger partial charge on any atom is 0.236 e. The summed E-state index contributed by atoms with van der Waals surface area (Å²) in [6.07, 6.45) is 0. The van der Waals surface area contributed by atoms with Gasteiger partial charge in [-0.25, -0.2) is 0 Å². The van der Waals surface area contributed by atoms with Crippen LogP contribution < -0.4 is 0 Å². The Labute approximate surface area is 126 Å². The van der Waals surface area contributed by atoms with Crippen molar-refractivity contribution in [3.63, 3.8) is 0 Å². The molecule has 1 aliphatic rings. The predicted octanol–water partition coefficient (Wildman–Crippen LogP) is 0.810. The number of amides is 1. The molecule has 1 fully saturated rings. The first-order valence-corrected chi connectivity index (χ1v) is 7.58. The topological polar surface area (TPSA) is 50.6 Å². The van der Waals surface area contributed by atoms with Gasteiger partial charge in [-0.15, -0.1) is 0 Å². The first-order chi connectivity index (χ1) is 10.1. The van der Waals surface area contributed by atoms with Crippen LogP contribution in [0.15, 0.2) is 0 Å². The third-order valence-corrected chi connectivity index (χ3v) is 4.18. The molecule has 6 heteroatoms. The van der Waals surface area contributed by atoms with Crippen LogP contribution in [-0.2, 0) is 22.6 Å². The van der Waals surface area contributed by atoms with Crippen molar-refractivity contribution < 1.29 is 9.53 Å². The van der Waals surface area contributed by atoms with Gasteiger partial charge in [-0.3, -0.25) is 14.4 Å². The first kappa shape index (κ1) is 16.0. The minimum Gasteiger partial charge on any atom is -0.383 e. The van der Waals surface area contributed by atoms with Gasteiger partial charge in [0.1, 0.15) is 0 Å². The van der Waals surface area contributed by atoms with Gasteiger partial charge in [0.15, 0.2) is 0 Å². The summed E-state index contributed by atoms with van der Waals surface area (Å²) in [5.74, 6) is 0.191. The Morgan fingerprint density at radius 3 is 2.62 bits per heavy atom. The molecule has 0 saturated carbocycles. The van der Waals surface area contributed by atoms with Gasteiger partial charge in [0.25, 0.3) is 0 Å². The van der Waals surface area contributed by atoms with Gasteiger partial charge < -0.3 is 9.64 Å². The smallest absolute Gasteiger partial charge is 0.236 e. The minimum absolute atomic E-state index is 0.191. The van der Waals surface area contributed by atoms with E-state index in [1.165, 1.54) is 11.3 Å². The molecule has 1 aromatic rings. The molecule has 1 amide bonds. The van der Waals surface area contributed by atoms with E-state index in [9.17, 15) is 4.79 Å². The van der Waals surface area contributed by atoms with E-state index < -0.39 is 0 Å². The highest BCUT2D eigenvalue weighted by molar-refractivity contribution is 5.79. The molecule has 0 aliphatic carbocycles. The van der Waals surface area contributed by atoms with Crippen LogP contribution in [0.2, 0.25) is 0 Å². The zero-order valence-electron chi connectivity index (χ0n) is 13.6. The normalized spacial score (nSPS) is 16.8. The first-order valence-electron chi connectivity index (χ1n) is 7.58. The van der Waals surface area contributed by atoms with Crippen molar-refractivity contribution in [3.05, 3.63) is 17.0 Å². The number of carbonyl (C=O) groups excluding carboxylic acids is 1. The predicted molar refractivity (Wildman–Crippen MR) is 81.1 cm³/mol. The third kappa shape index (κ3) is 3.63. The fourth-order valence-electron chi connectivity index (χ4n) is 2.82. The van der Waals surface area contributed by atoms with E-state index in [1.807, 2.05) is 16.5 Å². The quantitative estimate of drug-likeness (QED) is 0.779. The van der Waals surface area contributed by atoms with Gasteiger partial charge in [0.2, 0.25) is 5.91 Å². The van der Waals surface area contributed by atoms with Crippen LogP contribution in [0.5, 0.6) is 0 Å². The second kappa shape index (κ2) is 7.04. The lowest BCUT2D eigenvalue weighted by Crippen LogP contribution is -2.50. The Balaban J connectivity index is 1.97. The fraction of sp³-hybridized carbons (Fsp3) is 0.733. The number of nitrogens with zero attached hydrogens (tertiary/aromatic N) is 4. The molecular formula is C15H26N4O2. The number of piperazine rings is 1. The average molecular weight is 294 g/mol. The van der Waals surface area contributed by atoms with Crippen LogP contribution in [-0.4, -0.2) is 65.4 Å². The maximum absolute atomic E-state index is 12.1. The molecule has 118 valence electrons. The minimum atomic E-state index is 0.191. The maximum atomic E-state index is 12.1. The van der Waals surface area contributed by atoms with Gasteiger partial charge >= 0.3 is 0 Å². The number of ether oxygens (including phenoxy) is 1. The van der Waals surface area contributed by atoms with Gasteiger partial charge in [-0.05, 0) is 20.8 Å². The summed E-state index contributed by atoms with van der Waals surface area (Å²) in [5.41, 5.74) is 3.54. The Hall–Kier alpha value is -1.40. The summed E-state index contributed by atoms with van der Waals surface area (Å²) in [4.78, 5) is 16.2. The standard InChI is InChI=1S/C15H26N4O2/c1-5-19-13(3)14(12(2)16-19)10-17-6-7-18(8-9-21-4)15(20)11-17/h5-11H2,1-4H3. The number of hydrogen-bond acceptors (Lipinski definition) is 4. The Morgan fingerprint density at radius 1 is 1.29 bits per heavy atom. The highest BCUT2D eigenvalue weighted by Crippen LogP contribution is 2.17. The Bertz CT molecular complexity index is 498. The second-order valence-electron chi connectivity index (χ2n) is 5.55. The van der Waals surface area contributed by atoms with Gasteiger partial charge in [-0.2, -0.15) is 5.10 Å². The van der Waals surface area contributed by atoms with Crippen molar-refractivity contribution in [2.75, 3.05) is 39.9 Å². The molecule has 0 N–H and O–H groups in total. The van der Waals surface area contributed by atoms with Crippen LogP contribution in [0, 0.1) is 13.8 Å². The summed E-state index contributed by atoms with van der Waals surface area (Å²) in [6, 6.07) is 0. The molecule has 2 heterocycles. The molecule has 0 aromatic carbocycles. The van der Waals surface area contributed by atoms with Gasteiger partial charge in [0, 0.05) is 51.1 Å². The molecule has 2 rings (SSSR count). The van der Waals surface area contributed by atoms with Crippen molar-refractivity contribution in [2.45, 2.75) is 33.9 Å². The van der Waals surface area contributed by atoms with Crippen LogP contribution >= 0.6 is 0 Å².